The van der Waals surface area contributed by atoms with Gasteiger partial charge in [0.1, 0.15) is 11.6 Å². The zero-order valence-corrected chi connectivity index (χ0v) is 8.18. The topological polar surface area (TPSA) is 59.1 Å². The van der Waals surface area contributed by atoms with E-state index < -0.39 is 0 Å². The highest BCUT2D eigenvalue weighted by Crippen LogP contribution is 2.25. The molecule has 1 aromatic rings. The van der Waals surface area contributed by atoms with Gasteiger partial charge in [0.15, 0.2) is 0 Å². The fourth-order valence-electron chi connectivity index (χ4n) is 0.827. The van der Waals surface area contributed by atoms with Crippen molar-refractivity contribution in [3.05, 3.63) is 28.2 Å². The Morgan fingerprint density at radius 2 is 2.25 bits per heavy atom. The molecule has 0 aliphatic carbocycles. The number of nitrogens with two attached hydrogens (primary N) is 1. The van der Waals surface area contributed by atoms with Crippen LogP contribution in [-0.2, 0) is 0 Å². The number of hydrogen-bond acceptors (Lipinski definition) is 2. The molecule has 64 valence electrons. The summed E-state index contributed by atoms with van der Waals surface area (Å²) in [6, 6.07) is 5.27. The molecule has 0 unspecified atom stereocenters. The van der Waals surface area contributed by atoms with Crippen LogP contribution >= 0.6 is 15.9 Å². The molecule has 0 amide bonds. The molecular weight excluding hydrogens is 220 g/mol. The summed E-state index contributed by atoms with van der Waals surface area (Å²) in [6.07, 6.45) is 0. The minimum Gasteiger partial charge on any atom is -0.496 e. The van der Waals surface area contributed by atoms with Gasteiger partial charge in [-0.15, -0.1) is 0 Å². The first-order valence-corrected chi connectivity index (χ1v) is 4.12. The number of nitrogen functional groups attached to an aromatic ring is 1. The van der Waals surface area contributed by atoms with Crippen molar-refractivity contribution in [1.29, 1.82) is 5.41 Å². The van der Waals surface area contributed by atoms with Gasteiger partial charge in [0.25, 0.3) is 0 Å². The lowest BCUT2D eigenvalue weighted by Gasteiger charge is -2.04. The summed E-state index contributed by atoms with van der Waals surface area (Å²) in [4.78, 5) is 0. The largest absolute Gasteiger partial charge is 0.496 e. The summed E-state index contributed by atoms with van der Waals surface area (Å²) in [5.41, 5.74) is 5.96. The molecule has 1 rings (SSSR count). The molecule has 12 heavy (non-hydrogen) atoms. The molecule has 0 radical (unpaired) electrons. The fraction of sp³-hybridized carbons (Fsp3) is 0.125. The van der Waals surface area contributed by atoms with Gasteiger partial charge in [0, 0.05) is 5.56 Å². The van der Waals surface area contributed by atoms with Gasteiger partial charge >= 0.3 is 0 Å². The lowest BCUT2D eigenvalue weighted by Crippen LogP contribution is -2.10. The normalized spacial score (nSPS) is 9.50. The summed E-state index contributed by atoms with van der Waals surface area (Å²) in [5, 5.41) is 7.18. The molecule has 0 heterocycles. The third-order valence-corrected chi connectivity index (χ3v) is 2.12. The van der Waals surface area contributed by atoms with E-state index in [1.54, 1.807) is 25.3 Å². The van der Waals surface area contributed by atoms with Crippen molar-refractivity contribution < 1.29 is 4.74 Å². The van der Waals surface area contributed by atoms with Gasteiger partial charge in [-0.3, -0.25) is 5.41 Å². The Morgan fingerprint density at radius 1 is 1.58 bits per heavy atom. The highest BCUT2D eigenvalue weighted by atomic mass is 79.9. The summed E-state index contributed by atoms with van der Waals surface area (Å²) >= 11 is 3.30. The first-order valence-electron chi connectivity index (χ1n) is 3.33. The van der Waals surface area contributed by atoms with E-state index in [1.165, 1.54) is 0 Å². The van der Waals surface area contributed by atoms with Gasteiger partial charge in [-0.1, -0.05) is 0 Å². The third kappa shape index (κ3) is 1.76. The maximum atomic E-state index is 7.18. The molecular formula is C8H9BrN2O. The Bertz CT molecular complexity index is 312. The predicted molar refractivity (Wildman–Crippen MR) is 51.7 cm³/mol. The third-order valence-electron chi connectivity index (χ3n) is 1.46. The summed E-state index contributed by atoms with van der Waals surface area (Å²) in [5.74, 6) is 0.725. The van der Waals surface area contributed by atoms with Crippen LogP contribution in [0.15, 0.2) is 22.7 Å². The molecule has 1 aromatic carbocycles. The zero-order chi connectivity index (χ0) is 9.14. The minimum atomic E-state index is 0.0424. The molecule has 0 aliphatic heterocycles. The van der Waals surface area contributed by atoms with E-state index in [2.05, 4.69) is 15.9 Å². The van der Waals surface area contributed by atoms with Crippen molar-refractivity contribution in [3.8, 4) is 5.75 Å². The molecule has 0 bridgehead atoms. The highest BCUT2D eigenvalue weighted by Gasteiger charge is 2.02. The highest BCUT2D eigenvalue weighted by molar-refractivity contribution is 9.10. The van der Waals surface area contributed by atoms with E-state index in [-0.39, 0.29) is 5.84 Å². The van der Waals surface area contributed by atoms with Crippen molar-refractivity contribution >= 4 is 21.8 Å². The Morgan fingerprint density at radius 3 is 2.75 bits per heavy atom. The van der Waals surface area contributed by atoms with E-state index in [1.807, 2.05) is 0 Å². The van der Waals surface area contributed by atoms with Gasteiger partial charge in [-0.2, -0.15) is 0 Å². The molecule has 3 N–H and O–H groups in total. The van der Waals surface area contributed by atoms with Crippen molar-refractivity contribution in [2.24, 2.45) is 5.73 Å². The molecule has 0 aliphatic rings. The summed E-state index contributed by atoms with van der Waals surface area (Å²) in [7, 11) is 1.57. The van der Waals surface area contributed by atoms with Crippen LogP contribution in [-0.4, -0.2) is 12.9 Å². The standard InChI is InChI=1S/C8H9BrN2O/c1-12-7-4-5(8(10)11)2-3-6(7)9/h2-4H,1H3,(H3,10,11). The molecule has 0 fully saturated rings. The number of hydrogen-bond donors (Lipinski definition) is 2. The van der Waals surface area contributed by atoms with Gasteiger partial charge < -0.3 is 10.5 Å². The van der Waals surface area contributed by atoms with Crippen LogP contribution in [0.2, 0.25) is 0 Å². The van der Waals surface area contributed by atoms with Gasteiger partial charge in [-0.05, 0) is 34.1 Å². The molecule has 0 saturated carbocycles. The average Bonchev–Trinajstić information content (AvgIpc) is 2.05. The Labute approximate surface area is 79.2 Å². The maximum absolute atomic E-state index is 7.18. The molecule has 0 saturated heterocycles. The van der Waals surface area contributed by atoms with E-state index in [0.29, 0.717) is 11.3 Å². The first-order chi connectivity index (χ1) is 5.65. The van der Waals surface area contributed by atoms with Gasteiger partial charge in [0.05, 0.1) is 11.6 Å². The lowest BCUT2D eigenvalue weighted by molar-refractivity contribution is 0.412. The number of benzene rings is 1. The SMILES string of the molecule is COc1cc(C(=N)N)ccc1Br. The number of methoxy groups -OCH3 is 1. The number of rotatable bonds is 2. The monoisotopic (exact) mass is 228 g/mol. The van der Waals surface area contributed by atoms with Gasteiger partial charge in [0.2, 0.25) is 0 Å². The Balaban J connectivity index is 3.13. The minimum absolute atomic E-state index is 0.0424. The predicted octanol–water partition coefficient (Wildman–Crippen LogP) is 1.74. The zero-order valence-electron chi connectivity index (χ0n) is 6.60. The second-order valence-electron chi connectivity index (χ2n) is 2.26. The van der Waals surface area contributed by atoms with Crippen LogP contribution in [0.1, 0.15) is 5.56 Å². The van der Waals surface area contributed by atoms with Crippen molar-refractivity contribution in [2.75, 3.05) is 7.11 Å². The van der Waals surface area contributed by atoms with Crippen molar-refractivity contribution in [2.45, 2.75) is 0 Å². The van der Waals surface area contributed by atoms with Crippen molar-refractivity contribution in [3.63, 3.8) is 0 Å². The molecule has 0 aromatic heterocycles. The number of halogens is 1. The van der Waals surface area contributed by atoms with Gasteiger partial charge in [-0.25, -0.2) is 0 Å². The van der Waals surface area contributed by atoms with Crippen LogP contribution in [0.3, 0.4) is 0 Å². The van der Waals surface area contributed by atoms with Crippen LogP contribution in [0.25, 0.3) is 0 Å². The quantitative estimate of drug-likeness (QED) is 0.599. The molecule has 4 heteroatoms. The Hall–Kier alpha value is -1.03. The second-order valence-corrected chi connectivity index (χ2v) is 3.12. The van der Waals surface area contributed by atoms with E-state index in [9.17, 15) is 0 Å². The first kappa shape index (κ1) is 9.06. The summed E-state index contributed by atoms with van der Waals surface area (Å²) in [6.45, 7) is 0. The van der Waals surface area contributed by atoms with E-state index >= 15 is 0 Å². The maximum Gasteiger partial charge on any atom is 0.133 e. The number of nitrogens with one attached hydrogen (secondary N) is 1. The van der Waals surface area contributed by atoms with Crippen LogP contribution in [0.5, 0.6) is 5.75 Å². The van der Waals surface area contributed by atoms with Crippen LogP contribution < -0.4 is 10.5 Å². The summed E-state index contributed by atoms with van der Waals surface area (Å²) < 4.78 is 5.89. The number of ether oxygens (including phenoxy) is 1. The van der Waals surface area contributed by atoms with Crippen LogP contribution in [0.4, 0.5) is 0 Å². The average molecular weight is 229 g/mol. The van der Waals surface area contributed by atoms with Crippen molar-refractivity contribution in [1.82, 2.24) is 0 Å². The van der Waals surface area contributed by atoms with E-state index in [0.717, 1.165) is 4.47 Å². The molecule has 0 spiro atoms. The molecule has 3 nitrogen and oxygen atoms in total. The lowest BCUT2D eigenvalue weighted by atomic mass is 10.2. The van der Waals surface area contributed by atoms with E-state index in [4.69, 9.17) is 15.9 Å². The smallest absolute Gasteiger partial charge is 0.133 e. The second kappa shape index (κ2) is 3.58. The molecule has 0 atom stereocenters. The Kier molecular flexibility index (Phi) is 2.70. The fourth-order valence-corrected chi connectivity index (χ4v) is 1.24. The van der Waals surface area contributed by atoms with Crippen LogP contribution in [0, 0.1) is 5.41 Å². The number of amidine groups is 1.